The number of anilines is 1. The quantitative estimate of drug-likeness (QED) is 0.690. The van der Waals surface area contributed by atoms with E-state index in [9.17, 15) is 13.2 Å². The zero-order chi connectivity index (χ0) is 21.3. The third kappa shape index (κ3) is 3.95. The Hall–Kier alpha value is -2.77. The lowest BCUT2D eigenvalue weighted by atomic mass is 9.97. The van der Waals surface area contributed by atoms with Crippen LogP contribution in [0.15, 0.2) is 59.6 Å². The molecule has 0 bridgehead atoms. The molecule has 1 fully saturated rings. The van der Waals surface area contributed by atoms with Crippen LogP contribution >= 0.6 is 0 Å². The highest BCUT2D eigenvalue weighted by atomic mass is 32.2. The van der Waals surface area contributed by atoms with E-state index in [0.717, 1.165) is 27.7 Å². The molecule has 0 saturated carbocycles. The molecule has 1 aliphatic rings. The first-order valence-corrected chi connectivity index (χ1v) is 11.5. The summed E-state index contributed by atoms with van der Waals surface area (Å²) in [6.07, 6.45) is 2.72. The molecule has 1 N–H and O–H groups in total. The van der Waals surface area contributed by atoms with Gasteiger partial charge in [0.2, 0.25) is 15.9 Å². The number of nitrogens with zero attached hydrogens (tertiary/aromatic N) is 2. The maximum absolute atomic E-state index is 13.1. The lowest BCUT2D eigenvalue weighted by Gasteiger charge is -2.31. The molecule has 2 heterocycles. The molecule has 0 radical (unpaired) electrons. The van der Waals surface area contributed by atoms with Crippen molar-refractivity contribution in [1.29, 1.82) is 0 Å². The van der Waals surface area contributed by atoms with E-state index in [4.69, 9.17) is 0 Å². The van der Waals surface area contributed by atoms with Crippen LogP contribution in [0.3, 0.4) is 0 Å². The van der Waals surface area contributed by atoms with Gasteiger partial charge in [0, 0.05) is 30.6 Å². The number of aromatic nitrogens is 1. The fourth-order valence-corrected chi connectivity index (χ4v) is 5.71. The van der Waals surface area contributed by atoms with Crippen molar-refractivity contribution in [2.75, 3.05) is 18.4 Å². The average molecular weight is 424 g/mol. The number of carbonyl (C=O) groups excluding carboxylic acids is 1. The molecule has 1 amide bonds. The molecule has 3 aromatic rings. The predicted molar refractivity (Wildman–Crippen MR) is 118 cm³/mol. The van der Waals surface area contributed by atoms with Crippen molar-refractivity contribution in [1.82, 2.24) is 9.29 Å². The third-order valence-electron chi connectivity index (χ3n) is 5.68. The van der Waals surface area contributed by atoms with Gasteiger partial charge < -0.3 is 5.32 Å². The van der Waals surface area contributed by atoms with Crippen LogP contribution in [0.4, 0.5) is 5.69 Å². The number of rotatable bonds is 4. The van der Waals surface area contributed by atoms with Crippen molar-refractivity contribution >= 4 is 32.5 Å². The predicted octanol–water partition coefficient (Wildman–Crippen LogP) is 3.89. The summed E-state index contributed by atoms with van der Waals surface area (Å²) in [7, 11) is -3.55. The van der Waals surface area contributed by atoms with E-state index in [-0.39, 0.29) is 11.8 Å². The van der Waals surface area contributed by atoms with Crippen LogP contribution in [0.5, 0.6) is 0 Å². The number of aryl methyl sites for hydroxylation is 2. The van der Waals surface area contributed by atoms with Gasteiger partial charge in [0.25, 0.3) is 0 Å². The maximum atomic E-state index is 13.1. The first kappa shape index (κ1) is 20.5. The first-order valence-electron chi connectivity index (χ1n) is 10.1. The normalized spacial score (nSPS) is 15.9. The lowest BCUT2D eigenvalue weighted by molar-refractivity contribution is -0.120. The Labute approximate surface area is 177 Å². The third-order valence-corrected chi connectivity index (χ3v) is 7.74. The van der Waals surface area contributed by atoms with E-state index >= 15 is 0 Å². The Morgan fingerprint density at radius 1 is 1.07 bits per heavy atom. The maximum Gasteiger partial charge on any atom is 0.243 e. The fourth-order valence-electron chi connectivity index (χ4n) is 4.03. The van der Waals surface area contributed by atoms with Gasteiger partial charge in [0.05, 0.1) is 16.1 Å². The van der Waals surface area contributed by atoms with Gasteiger partial charge in [-0.1, -0.05) is 23.8 Å². The van der Waals surface area contributed by atoms with Crippen molar-refractivity contribution in [2.45, 2.75) is 31.6 Å². The topological polar surface area (TPSA) is 79.4 Å². The van der Waals surface area contributed by atoms with Gasteiger partial charge in [0.15, 0.2) is 0 Å². The molecule has 6 nitrogen and oxygen atoms in total. The molecular weight excluding hydrogens is 398 g/mol. The highest BCUT2D eigenvalue weighted by Crippen LogP contribution is 2.28. The second kappa shape index (κ2) is 8.16. The molecular formula is C23H25N3O3S. The van der Waals surface area contributed by atoms with E-state index in [1.165, 1.54) is 4.31 Å². The summed E-state index contributed by atoms with van der Waals surface area (Å²) >= 11 is 0. The fraction of sp³-hybridized carbons (Fsp3) is 0.304. The SMILES string of the molecule is Cc1ccc(S(=O)(=O)N2CCC(C(=O)Nc3cccc4ncccc34)CC2)c(C)c1. The highest BCUT2D eigenvalue weighted by Gasteiger charge is 2.33. The van der Waals surface area contributed by atoms with E-state index in [0.29, 0.717) is 30.8 Å². The van der Waals surface area contributed by atoms with Gasteiger partial charge in [-0.25, -0.2) is 8.42 Å². The number of fused-ring (bicyclic) bond motifs is 1. The zero-order valence-corrected chi connectivity index (χ0v) is 17.9. The number of hydrogen-bond acceptors (Lipinski definition) is 4. The molecule has 7 heteroatoms. The van der Waals surface area contributed by atoms with Crippen LogP contribution in [-0.2, 0) is 14.8 Å². The number of sulfonamides is 1. The Kier molecular flexibility index (Phi) is 5.58. The van der Waals surface area contributed by atoms with E-state index in [1.54, 1.807) is 12.3 Å². The Morgan fingerprint density at radius 2 is 1.83 bits per heavy atom. The van der Waals surface area contributed by atoms with Crippen LogP contribution in [-0.4, -0.2) is 36.7 Å². The molecule has 1 aliphatic heterocycles. The Morgan fingerprint density at radius 3 is 2.57 bits per heavy atom. The van der Waals surface area contributed by atoms with Crippen LogP contribution in [0, 0.1) is 19.8 Å². The first-order chi connectivity index (χ1) is 14.4. The van der Waals surface area contributed by atoms with Gasteiger partial charge in [-0.3, -0.25) is 9.78 Å². The number of nitrogens with one attached hydrogen (secondary N) is 1. The molecule has 156 valence electrons. The Bertz CT molecular complexity index is 1190. The second-order valence-electron chi connectivity index (χ2n) is 7.81. The van der Waals surface area contributed by atoms with E-state index in [1.807, 2.05) is 56.3 Å². The van der Waals surface area contributed by atoms with Gasteiger partial charge in [0.1, 0.15) is 0 Å². The van der Waals surface area contributed by atoms with Crippen molar-refractivity contribution in [3.63, 3.8) is 0 Å². The summed E-state index contributed by atoms with van der Waals surface area (Å²) < 4.78 is 27.6. The monoisotopic (exact) mass is 423 g/mol. The van der Waals surface area contributed by atoms with Gasteiger partial charge in [-0.15, -0.1) is 0 Å². The van der Waals surface area contributed by atoms with Crippen LogP contribution in [0.25, 0.3) is 10.9 Å². The minimum absolute atomic E-state index is 0.0742. The number of carbonyl (C=O) groups is 1. The number of hydrogen-bond donors (Lipinski definition) is 1. The molecule has 30 heavy (non-hydrogen) atoms. The van der Waals surface area contributed by atoms with Crippen LogP contribution in [0.1, 0.15) is 24.0 Å². The van der Waals surface area contributed by atoms with Crippen molar-refractivity contribution in [3.05, 3.63) is 65.9 Å². The number of pyridine rings is 1. The van der Waals surface area contributed by atoms with E-state index in [2.05, 4.69) is 10.3 Å². The summed E-state index contributed by atoms with van der Waals surface area (Å²) in [5, 5.41) is 3.90. The summed E-state index contributed by atoms with van der Waals surface area (Å²) in [6, 6.07) is 14.8. The molecule has 1 saturated heterocycles. The Balaban J connectivity index is 1.44. The van der Waals surface area contributed by atoms with Gasteiger partial charge in [-0.2, -0.15) is 4.31 Å². The van der Waals surface area contributed by atoms with Crippen molar-refractivity contribution in [2.24, 2.45) is 5.92 Å². The summed E-state index contributed by atoms with van der Waals surface area (Å²) in [5.74, 6) is -0.294. The summed E-state index contributed by atoms with van der Waals surface area (Å²) in [4.78, 5) is 17.5. The van der Waals surface area contributed by atoms with Crippen molar-refractivity contribution < 1.29 is 13.2 Å². The summed E-state index contributed by atoms with van der Waals surface area (Å²) in [6.45, 7) is 4.44. The molecule has 0 atom stereocenters. The van der Waals surface area contributed by atoms with Crippen molar-refractivity contribution in [3.8, 4) is 0 Å². The van der Waals surface area contributed by atoms with E-state index < -0.39 is 10.0 Å². The van der Waals surface area contributed by atoms with Gasteiger partial charge >= 0.3 is 0 Å². The molecule has 1 aromatic heterocycles. The molecule has 0 unspecified atom stereocenters. The average Bonchev–Trinajstić information content (AvgIpc) is 2.74. The lowest BCUT2D eigenvalue weighted by Crippen LogP contribution is -2.41. The van der Waals surface area contributed by atoms with Crippen LogP contribution < -0.4 is 5.32 Å². The zero-order valence-electron chi connectivity index (χ0n) is 17.1. The molecule has 0 aliphatic carbocycles. The molecule has 4 rings (SSSR count). The minimum Gasteiger partial charge on any atom is -0.325 e. The minimum atomic E-state index is -3.55. The molecule has 0 spiro atoms. The second-order valence-corrected chi connectivity index (χ2v) is 9.72. The standard InChI is InChI=1S/C23H25N3O3S/c1-16-8-9-22(17(2)15-16)30(28,29)26-13-10-18(11-14-26)23(27)25-21-7-3-6-20-19(21)5-4-12-24-20/h3-9,12,15,18H,10-11,13-14H2,1-2H3,(H,25,27). The van der Waals surface area contributed by atoms with Crippen LogP contribution in [0.2, 0.25) is 0 Å². The smallest absolute Gasteiger partial charge is 0.243 e. The number of piperidine rings is 1. The number of benzene rings is 2. The highest BCUT2D eigenvalue weighted by molar-refractivity contribution is 7.89. The number of amides is 1. The largest absolute Gasteiger partial charge is 0.325 e. The molecule has 2 aromatic carbocycles. The summed E-state index contributed by atoms with van der Waals surface area (Å²) in [5.41, 5.74) is 3.34. The van der Waals surface area contributed by atoms with Gasteiger partial charge in [-0.05, 0) is 62.6 Å².